The molecule has 0 aromatic heterocycles. The molecule has 14 heavy (non-hydrogen) atoms. The van der Waals surface area contributed by atoms with Gasteiger partial charge in [0.25, 0.3) is 0 Å². The Morgan fingerprint density at radius 2 is 1.57 bits per heavy atom. The van der Waals surface area contributed by atoms with Crippen molar-refractivity contribution in [1.29, 1.82) is 0 Å². The second kappa shape index (κ2) is 4.29. The van der Waals surface area contributed by atoms with Crippen molar-refractivity contribution in [1.82, 2.24) is 0 Å². The van der Waals surface area contributed by atoms with E-state index in [2.05, 4.69) is 47.6 Å². The van der Waals surface area contributed by atoms with Gasteiger partial charge in [0.15, 0.2) is 0 Å². The molecular weight excluding hydrogens is 170 g/mol. The van der Waals surface area contributed by atoms with Crippen LogP contribution < -0.4 is 0 Å². The van der Waals surface area contributed by atoms with Crippen molar-refractivity contribution in [2.24, 2.45) is 22.7 Å². The van der Waals surface area contributed by atoms with Crippen LogP contribution in [0.5, 0.6) is 0 Å². The number of allylic oxidation sites excluding steroid dienone is 1. The Labute approximate surface area is 88.3 Å². The molecule has 0 spiro atoms. The van der Waals surface area contributed by atoms with E-state index in [1.54, 1.807) is 0 Å². The van der Waals surface area contributed by atoms with E-state index in [4.69, 9.17) is 4.99 Å². The molecule has 0 saturated carbocycles. The largest absolute Gasteiger partial charge is 0.281 e. The van der Waals surface area contributed by atoms with E-state index in [0.717, 1.165) is 0 Å². The molecule has 1 rings (SSSR count). The van der Waals surface area contributed by atoms with Gasteiger partial charge in [-0.05, 0) is 29.4 Å². The SMILES string of the molecule is CC(C)C1=CC(C(C)C)=NC1C(C)C. The van der Waals surface area contributed by atoms with Gasteiger partial charge >= 0.3 is 0 Å². The molecular formula is C13H23N. The molecule has 80 valence electrons. The van der Waals surface area contributed by atoms with Gasteiger partial charge in [-0.25, -0.2) is 0 Å². The normalized spacial score (nSPS) is 22.2. The third kappa shape index (κ3) is 2.26. The summed E-state index contributed by atoms with van der Waals surface area (Å²) in [6, 6.07) is 0.437. The summed E-state index contributed by atoms with van der Waals surface area (Å²) in [5, 5.41) is 0. The van der Waals surface area contributed by atoms with Crippen LogP contribution in [0.1, 0.15) is 41.5 Å². The lowest BCUT2D eigenvalue weighted by Crippen LogP contribution is -2.16. The van der Waals surface area contributed by atoms with Gasteiger partial charge in [0.2, 0.25) is 0 Å². The summed E-state index contributed by atoms with van der Waals surface area (Å²) in [4.78, 5) is 4.81. The van der Waals surface area contributed by atoms with E-state index in [1.165, 1.54) is 11.3 Å². The van der Waals surface area contributed by atoms with Gasteiger partial charge in [-0.2, -0.15) is 0 Å². The van der Waals surface area contributed by atoms with Crippen LogP contribution in [0.2, 0.25) is 0 Å². The zero-order chi connectivity index (χ0) is 10.9. The van der Waals surface area contributed by atoms with Gasteiger partial charge in [-0.3, -0.25) is 4.99 Å². The summed E-state index contributed by atoms with van der Waals surface area (Å²) in [6.45, 7) is 13.5. The van der Waals surface area contributed by atoms with Gasteiger partial charge < -0.3 is 0 Å². The zero-order valence-corrected chi connectivity index (χ0v) is 10.3. The lowest BCUT2D eigenvalue weighted by Gasteiger charge is -2.19. The second-order valence-corrected chi connectivity index (χ2v) is 5.20. The second-order valence-electron chi connectivity index (χ2n) is 5.20. The number of hydrogen-bond acceptors (Lipinski definition) is 1. The number of rotatable bonds is 3. The summed E-state index contributed by atoms with van der Waals surface area (Å²) < 4.78 is 0. The third-order valence-corrected chi connectivity index (χ3v) is 2.83. The van der Waals surface area contributed by atoms with Crippen LogP contribution in [0, 0.1) is 17.8 Å². The fourth-order valence-corrected chi connectivity index (χ4v) is 1.89. The van der Waals surface area contributed by atoms with Crippen molar-refractivity contribution in [3.05, 3.63) is 11.6 Å². The minimum absolute atomic E-state index is 0.437. The van der Waals surface area contributed by atoms with Crippen LogP contribution in [0.15, 0.2) is 16.6 Å². The van der Waals surface area contributed by atoms with Crippen LogP contribution in [0.3, 0.4) is 0 Å². The fourth-order valence-electron chi connectivity index (χ4n) is 1.89. The molecule has 0 aliphatic carbocycles. The maximum absolute atomic E-state index is 4.81. The Morgan fingerprint density at radius 3 is 1.86 bits per heavy atom. The topological polar surface area (TPSA) is 12.4 Å². The van der Waals surface area contributed by atoms with Crippen molar-refractivity contribution in [3.63, 3.8) is 0 Å². The highest BCUT2D eigenvalue weighted by Gasteiger charge is 2.26. The van der Waals surface area contributed by atoms with Gasteiger partial charge in [0, 0.05) is 5.71 Å². The number of hydrogen-bond donors (Lipinski definition) is 0. The third-order valence-electron chi connectivity index (χ3n) is 2.83. The van der Waals surface area contributed by atoms with E-state index < -0.39 is 0 Å². The van der Waals surface area contributed by atoms with Crippen LogP contribution >= 0.6 is 0 Å². The van der Waals surface area contributed by atoms with E-state index >= 15 is 0 Å². The number of aliphatic imine (C=N–C) groups is 1. The molecule has 1 unspecified atom stereocenters. The lowest BCUT2D eigenvalue weighted by atomic mass is 9.90. The van der Waals surface area contributed by atoms with Crippen LogP contribution in [0.4, 0.5) is 0 Å². The Kier molecular flexibility index (Phi) is 3.52. The molecule has 0 aromatic carbocycles. The van der Waals surface area contributed by atoms with E-state index in [1.807, 2.05) is 0 Å². The van der Waals surface area contributed by atoms with Crippen molar-refractivity contribution in [2.75, 3.05) is 0 Å². The van der Waals surface area contributed by atoms with Gasteiger partial charge in [-0.1, -0.05) is 41.5 Å². The minimum Gasteiger partial charge on any atom is -0.281 e. The van der Waals surface area contributed by atoms with Crippen molar-refractivity contribution >= 4 is 5.71 Å². The molecule has 1 aliphatic heterocycles. The predicted octanol–water partition coefficient (Wildman–Crippen LogP) is 3.70. The van der Waals surface area contributed by atoms with Crippen LogP contribution in [-0.4, -0.2) is 11.8 Å². The summed E-state index contributed by atoms with van der Waals surface area (Å²) in [7, 11) is 0. The van der Waals surface area contributed by atoms with E-state index in [0.29, 0.717) is 23.8 Å². The Hall–Kier alpha value is -0.590. The Balaban J connectivity index is 2.91. The lowest BCUT2D eigenvalue weighted by molar-refractivity contribution is 0.516. The van der Waals surface area contributed by atoms with E-state index in [9.17, 15) is 0 Å². The average molecular weight is 193 g/mol. The summed E-state index contributed by atoms with van der Waals surface area (Å²) in [5.41, 5.74) is 2.80. The zero-order valence-electron chi connectivity index (χ0n) is 10.3. The van der Waals surface area contributed by atoms with Gasteiger partial charge in [0.05, 0.1) is 6.04 Å². The smallest absolute Gasteiger partial charge is 0.0741 e. The van der Waals surface area contributed by atoms with Crippen LogP contribution in [0.25, 0.3) is 0 Å². The highest BCUT2D eigenvalue weighted by molar-refractivity contribution is 5.99. The molecule has 1 heterocycles. The summed E-state index contributed by atoms with van der Waals surface area (Å²) in [5.74, 6) is 1.81. The van der Waals surface area contributed by atoms with Gasteiger partial charge in [0.1, 0.15) is 0 Å². The minimum atomic E-state index is 0.437. The summed E-state index contributed by atoms with van der Waals surface area (Å²) >= 11 is 0. The molecule has 0 bridgehead atoms. The van der Waals surface area contributed by atoms with Crippen molar-refractivity contribution < 1.29 is 0 Å². The fraction of sp³-hybridized carbons (Fsp3) is 0.769. The maximum Gasteiger partial charge on any atom is 0.0741 e. The standard InChI is InChI=1S/C13H23N/c1-8(2)11-7-12(9(3)4)14-13(11)10(5)6/h7-10,13H,1-6H3. The first-order valence-electron chi connectivity index (χ1n) is 5.72. The highest BCUT2D eigenvalue weighted by Crippen LogP contribution is 2.29. The highest BCUT2D eigenvalue weighted by atomic mass is 14.8. The predicted molar refractivity (Wildman–Crippen MR) is 63.8 cm³/mol. The average Bonchev–Trinajstić information content (AvgIpc) is 2.47. The molecule has 0 fully saturated rings. The summed E-state index contributed by atoms with van der Waals surface area (Å²) in [6.07, 6.45) is 2.32. The molecule has 0 saturated heterocycles. The van der Waals surface area contributed by atoms with E-state index in [-0.39, 0.29) is 0 Å². The van der Waals surface area contributed by atoms with Crippen molar-refractivity contribution in [2.45, 2.75) is 47.6 Å². The molecule has 1 aliphatic rings. The maximum atomic E-state index is 4.81. The van der Waals surface area contributed by atoms with Gasteiger partial charge in [-0.15, -0.1) is 0 Å². The first kappa shape index (κ1) is 11.5. The number of nitrogens with zero attached hydrogens (tertiary/aromatic N) is 1. The molecule has 0 aromatic rings. The molecule has 1 nitrogen and oxygen atoms in total. The monoisotopic (exact) mass is 193 g/mol. The van der Waals surface area contributed by atoms with Crippen LogP contribution in [-0.2, 0) is 0 Å². The quantitative estimate of drug-likeness (QED) is 0.648. The van der Waals surface area contributed by atoms with Crippen molar-refractivity contribution in [3.8, 4) is 0 Å². The molecule has 0 amide bonds. The Morgan fingerprint density at radius 1 is 1.00 bits per heavy atom. The first-order valence-corrected chi connectivity index (χ1v) is 5.72. The molecule has 0 radical (unpaired) electrons. The molecule has 0 N–H and O–H groups in total. The Bertz CT molecular complexity index is 256. The molecule has 1 atom stereocenters. The first-order chi connectivity index (χ1) is 6.43. The molecule has 1 heteroatoms.